The molecule has 0 bridgehead atoms. The largest absolute Gasteiger partial charge is 0.348 e. The highest BCUT2D eigenvalue weighted by Crippen LogP contribution is 2.27. The third-order valence-corrected chi connectivity index (χ3v) is 7.79. The van der Waals surface area contributed by atoms with Crippen LogP contribution in [0.4, 0.5) is 4.39 Å². The Kier molecular flexibility index (Phi) is 6.95. The van der Waals surface area contributed by atoms with Crippen LogP contribution in [-0.2, 0) is 16.6 Å². The average Bonchev–Trinajstić information content (AvgIpc) is 3.24. The molecule has 4 aromatic rings. The van der Waals surface area contributed by atoms with Crippen molar-refractivity contribution < 1.29 is 22.1 Å². The zero-order valence-electron chi connectivity index (χ0n) is 19.6. The second-order valence-corrected chi connectivity index (χ2v) is 9.86. The van der Waals surface area contributed by atoms with E-state index in [4.69, 9.17) is 4.52 Å². The molecule has 2 aromatic heterocycles. The van der Waals surface area contributed by atoms with Gasteiger partial charge in [0, 0.05) is 25.2 Å². The Morgan fingerprint density at radius 3 is 2.34 bits per heavy atom. The molecule has 8 nitrogen and oxygen atoms in total. The summed E-state index contributed by atoms with van der Waals surface area (Å²) in [5, 5.41) is 7.28. The van der Waals surface area contributed by atoms with Crippen molar-refractivity contribution in [3.8, 4) is 11.3 Å². The molecular weight excluding hydrogens is 471 g/mol. The average molecular weight is 497 g/mol. The number of aromatic nitrogens is 2. The number of benzene rings is 2. The molecule has 4 rings (SSSR count). The van der Waals surface area contributed by atoms with Crippen molar-refractivity contribution in [2.45, 2.75) is 32.2 Å². The van der Waals surface area contributed by atoms with E-state index in [9.17, 15) is 17.6 Å². The first kappa shape index (κ1) is 24.5. The van der Waals surface area contributed by atoms with Crippen molar-refractivity contribution in [3.05, 3.63) is 77.2 Å². The molecule has 0 radical (unpaired) electrons. The fraction of sp³-hybridized carbons (Fsp3) is 0.240. The number of carbonyl (C=O) groups excluding carboxylic acids is 1. The Balaban J connectivity index is 1.57. The summed E-state index contributed by atoms with van der Waals surface area (Å²) in [7, 11) is -3.55. The molecule has 0 fully saturated rings. The van der Waals surface area contributed by atoms with Gasteiger partial charge in [0.05, 0.1) is 27.2 Å². The summed E-state index contributed by atoms with van der Waals surface area (Å²) in [5.74, 6) is -0.744. The number of fused-ring (bicyclic) bond motifs is 1. The van der Waals surface area contributed by atoms with Crippen molar-refractivity contribution >= 4 is 27.0 Å². The summed E-state index contributed by atoms with van der Waals surface area (Å²) in [6, 6.07) is 13.8. The van der Waals surface area contributed by atoms with Crippen molar-refractivity contribution in [2.24, 2.45) is 0 Å². The van der Waals surface area contributed by atoms with Gasteiger partial charge in [-0.3, -0.25) is 4.79 Å². The molecule has 0 aliphatic heterocycles. The molecule has 0 aliphatic rings. The highest BCUT2D eigenvalue weighted by atomic mass is 32.2. The van der Waals surface area contributed by atoms with Crippen LogP contribution in [0.2, 0.25) is 0 Å². The normalized spacial score (nSPS) is 11.8. The summed E-state index contributed by atoms with van der Waals surface area (Å²) < 4.78 is 45.4. The zero-order valence-corrected chi connectivity index (χ0v) is 20.4. The number of hydrogen-bond acceptors (Lipinski definition) is 6. The lowest BCUT2D eigenvalue weighted by molar-refractivity contribution is 0.0952. The van der Waals surface area contributed by atoms with Crippen molar-refractivity contribution in [1.29, 1.82) is 0 Å². The Labute approximate surface area is 202 Å². The van der Waals surface area contributed by atoms with Gasteiger partial charge in [-0.05, 0) is 55.0 Å². The van der Waals surface area contributed by atoms with Crippen LogP contribution in [-0.4, -0.2) is 41.9 Å². The summed E-state index contributed by atoms with van der Waals surface area (Å²) in [4.78, 5) is 17.8. The van der Waals surface area contributed by atoms with Gasteiger partial charge in [-0.15, -0.1) is 0 Å². The SMILES string of the molecule is CCN(CC)S(=O)(=O)c1ccc(CNC(=O)c2cc(-c3ccc(F)cc3)nc3onc(C)c23)cc1. The molecule has 0 saturated heterocycles. The number of amides is 1. The maximum absolute atomic E-state index is 13.3. The van der Waals surface area contributed by atoms with Crippen molar-refractivity contribution in [2.75, 3.05) is 13.1 Å². The lowest BCUT2D eigenvalue weighted by Crippen LogP contribution is -2.30. The topological polar surface area (TPSA) is 105 Å². The van der Waals surface area contributed by atoms with Gasteiger partial charge >= 0.3 is 0 Å². The first-order valence-electron chi connectivity index (χ1n) is 11.1. The number of pyridine rings is 1. The number of hydrogen-bond donors (Lipinski definition) is 1. The summed E-state index contributed by atoms with van der Waals surface area (Å²) in [5.41, 5.74) is 2.87. The molecule has 1 amide bonds. The van der Waals surface area contributed by atoms with Gasteiger partial charge in [0.15, 0.2) is 0 Å². The summed E-state index contributed by atoms with van der Waals surface area (Å²) >= 11 is 0. The Morgan fingerprint density at radius 1 is 1.06 bits per heavy atom. The molecule has 2 aromatic carbocycles. The second-order valence-electron chi connectivity index (χ2n) is 7.93. The number of rotatable bonds is 8. The van der Waals surface area contributed by atoms with E-state index in [-0.39, 0.29) is 28.9 Å². The van der Waals surface area contributed by atoms with Gasteiger partial charge < -0.3 is 9.84 Å². The minimum absolute atomic E-state index is 0.185. The molecule has 0 unspecified atom stereocenters. The van der Waals surface area contributed by atoms with Crippen LogP contribution in [0.1, 0.15) is 35.5 Å². The number of aryl methyl sites for hydroxylation is 1. The minimum Gasteiger partial charge on any atom is -0.348 e. The molecule has 2 heterocycles. The van der Waals surface area contributed by atoms with Crippen LogP contribution < -0.4 is 5.32 Å². The lowest BCUT2D eigenvalue weighted by atomic mass is 10.0. The van der Waals surface area contributed by atoms with Crippen LogP contribution in [0.3, 0.4) is 0 Å². The molecule has 0 saturated carbocycles. The first-order chi connectivity index (χ1) is 16.7. The van der Waals surface area contributed by atoms with Gasteiger partial charge in [0.1, 0.15) is 5.82 Å². The Bertz CT molecular complexity index is 1460. The summed E-state index contributed by atoms with van der Waals surface area (Å²) in [6.45, 7) is 6.26. The quantitative estimate of drug-likeness (QED) is 0.390. The number of halogens is 1. The highest BCUT2D eigenvalue weighted by Gasteiger charge is 2.22. The van der Waals surface area contributed by atoms with Gasteiger partial charge in [0.25, 0.3) is 11.6 Å². The number of nitrogens with zero attached hydrogens (tertiary/aromatic N) is 3. The molecule has 0 aliphatic carbocycles. The minimum atomic E-state index is -3.55. The van der Waals surface area contributed by atoms with E-state index in [1.807, 2.05) is 0 Å². The third-order valence-electron chi connectivity index (χ3n) is 5.72. The smallest absolute Gasteiger partial charge is 0.259 e. The summed E-state index contributed by atoms with van der Waals surface area (Å²) in [6.07, 6.45) is 0. The van der Waals surface area contributed by atoms with E-state index in [0.717, 1.165) is 5.56 Å². The van der Waals surface area contributed by atoms with E-state index in [2.05, 4.69) is 15.5 Å². The molecule has 0 spiro atoms. The second kappa shape index (κ2) is 9.93. The number of nitrogens with one attached hydrogen (secondary N) is 1. The predicted molar refractivity (Wildman–Crippen MR) is 130 cm³/mol. The molecule has 182 valence electrons. The van der Waals surface area contributed by atoms with E-state index in [1.54, 1.807) is 51.1 Å². The van der Waals surface area contributed by atoms with Crippen LogP contribution in [0, 0.1) is 12.7 Å². The standard InChI is InChI=1S/C25H25FN4O4S/c1-4-30(5-2)35(32,33)20-12-6-17(7-13-20)15-27-24(31)21-14-22(18-8-10-19(26)11-9-18)28-25-23(21)16(3)29-34-25/h6-14H,4-5,15H2,1-3H3,(H,27,31). The fourth-order valence-electron chi connectivity index (χ4n) is 3.81. The molecular formula is C25H25FN4O4S. The zero-order chi connectivity index (χ0) is 25.2. The van der Waals surface area contributed by atoms with Crippen LogP contribution in [0.25, 0.3) is 22.4 Å². The van der Waals surface area contributed by atoms with Gasteiger partial charge in [-0.1, -0.05) is 31.1 Å². The van der Waals surface area contributed by atoms with Crippen LogP contribution >= 0.6 is 0 Å². The Morgan fingerprint density at radius 2 is 1.71 bits per heavy atom. The first-order valence-corrected chi connectivity index (χ1v) is 12.6. The van der Waals surface area contributed by atoms with E-state index in [1.165, 1.54) is 28.6 Å². The molecule has 35 heavy (non-hydrogen) atoms. The van der Waals surface area contributed by atoms with E-state index < -0.39 is 10.0 Å². The monoisotopic (exact) mass is 496 g/mol. The molecule has 1 N–H and O–H groups in total. The Hall–Kier alpha value is -3.63. The maximum atomic E-state index is 13.3. The maximum Gasteiger partial charge on any atom is 0.259 e. The predicted octanol–water partition coefficient (Wildman–Crippen LogP) is 4.30. The highest BCUT2D eigenvalue weighted by molar-refractivity contribution is 7.89. The third kappa shape index (κ3) is 4.94. The number of carbonyl (C=O) groups is 1. The van der Waals surface area contributed by atoms with E-state index >= 15 is 0 Å². The molecule has 0 atom stereocenters. The van der Waals surface area contributed by atoms with Crippen molar-refractivity contribution in [3.63, 3.8) is 0 Å². The fourth-order valence-corrected chi connectivity index (χ4v) is 5.27. The van der Waals surface area contributed by atoms with E-state index in [0.29, 0.717) is 41.0 Å². The van der Waals surface area contributed by atoms with Crippen LogP contribution in [0.5, 0.6) is 0 Å². The van der Waals surface area contributed by atoms with Crippen LogP contribution in [0.15, 0.2) is 64.0 Å². The van der Waals surface area contributed by atoms with Gasteiger partial charge in [0.2, 0.25) is 10.0 Å². The lowest BCUT2D eigenvalue weighted by Gasteiger charge is -2.18. The number of sulfonamides is 1. The van der Waals surface area contributed by atoms with Gasteiger partial charge in [-0.25, -0.2) is 17.8 Å². The molecule has 10 heteroatoms. The van der Waals surface area contributed by atoms with Gasteiger partial charge in [-0.2, -0.15) is 4.31 Å². The van der Waals surface area contributed by atoms with Crippen molar-refractivity contribution in [1.82, 2.24) is 19.8 Å².